The van der Waals surface area contributed by atoms with Crippen molar-refractivity contribution >= 4 is 0 Å². The van der Waals surface area contributed by atoms with Crippen LogP contribution in [-0.2, 0) is 19.3 Å². The molecule has 4 nitrogen and oxygen atoms in total. The van der Waals surface area contributed by atoms with Crippen LogP contribution in [0.2, 0.25) is 0 Å². The maximum atomic E-state index is 4.83. The third-order valence-electron chi connectivity index (χ3n) is 19.3. The molecule has 0 bridgehead atoms. The van der Waals surface area contributed by atoms with Crippen molar-refractivity contribution in [3.05, 3.63) is 192 Å². The van der Waals surface area contributed by atoms with Crippen molar-refractivity contribution in [1.82, 2.24) is 19.9 Å². The van der Waals surface area contributed by atoms with Gasteiger partial charge in [0.2, 0.25) is 0 Å². The fourth-order valence-corrected chi connectivity index (χ4v) is 13.2. The minimum absolute atomic E-state index is 0.678. The van der Waals surface area contributed by atoms with Crippen LogP contribution in [0.25, 0.3) is 33.4 Å². The molecule has 0 unspecified atom stereocenters. The highest BCUT2D eigenvalue weighted by Crippen LogP contribution is 2.39. The molecule has 0 amide bonds. The molecule has 3 saturated carbocycles. The molecule has 0 spiro atoms. The fraction of sp³-hybridized carbons (Fsp3) is 0.525. The zero-order chi connectivity index (χ0) is 58.8. The molecule has 0 aliphatic heterocycles. The molecule has 10 rings (SSSR count). The summed E-state index contributed by atoms with van der Waals surface area (Å²) in [5.74, 6) is 4.88. The van der Waals surface area contributed by atoms with E-state index in [1.54, 1.807) is 12.4 Å². The number of hydrogen-bond donors (Lipinski definition) is 0. The largest absolute Gasteiger partial charge is 0.265 e. The van der Waals surface area contributed by atoms with E-state index in [0.717, 1.165) is 17.8 Å². The van der Waals surface area contributed by atoms with Gasteiger partial charge in [0.05, 0.1) is 0 Å². The van der Waals surface area contributed by atoms with E-state index < -0.39 is 0 Å². The standard InChI is InChI=1S/C26H37N.C25H35N.C24H33N.C5H5N/c1-3-5-6-7-8-9-22-12-14-23(15-13-22)25-18-19-26(27-20-25)24-16-10-21(4-2)11-17-24;1-3-5-6-7-8-21-11-13-22(14-12-21)24-17-18-25(26-19-24)23-15-9-20(4-2)10-16-23;1-3-5-6-7-20-10-12-21(13-11-20)23-16-17-24(25-18-23)22-14-8-19(4-2)9-15-22;1-2-4-6-5-3-1/h12-15,18-21,24H,3-11,16-17H2,1-2H3;11-14,17-20,23H,3-10,15-16H2,1-2H3;10-13,16-19,22H,3-9,14-15H2,1-2H3;1-5H. The molecule has 0 atom stereocenters. The number of rotatable bonds is 24. The Bertz CT molecular complexity index is 2700. The van der Waals surface area contributed by atoms with Gasteiger partial charge in [-0.15, -0.1) is 0 Å². The Balaban J connectivity index is 0.000000172. The van der Waals surface area contributed by atoms with Crippen molar-refractivity contribution in [1.29, 1.82) is 0 Å². The van der Waals surface area contributed by atoms with Gasteiger partial charge in [0.15, 0.2) is 0 Å². The van der Waals surface area contributed by atoms with Crippen LogP contribution in [0.15, 0.2) is 158 Å². The van der Waals surface area contributed by atoms with Crippen LogP contribution >= 0.6 is 0 Å². The van der Waals surface area contributed by atoms with Crippen molar-refractivity contribution in [3.8, 4) is 33.4 Å². The topological polar surface area (TPSA) is 51.6 Å². The maximum Gasteiger partial charge on any atom is 0.0434 e. The Kier molecular flexibility index (Phi) is 30.0. The maximum absolute atomic E-state index is 4.83. The Morgan fingerprint density at radius 2 is 0.560 bits per heavy atom. The minimum Gasteiger partial charge on any atom is -0.265 e. The van der Waals surface area contributed by atoms with E-state index in [1.165, 1.54) is 260 Å². The third kappa shape index (κ3) is 22.6. The van der Waals surface area contributed by atoms with E-state index in [-0.39, 0.29) is 0 Å². The number of nitrogens with zero attached hydrogens (tertiary/aromatic N) is 4. The monoisotopic (exact) mass is 1130 g/mol. The van der Waals surface area contributed by atoms with E-state index in [9.17, 15) is 0 Å². The lowest BCUT2D eigenvalue weighted by Gasteiger charge is -2.27. The zero-order valence-corrected chi connectivity index (χ0v) is 53.5. The molecule has 4 aromatic heterocycles. The number of unbranched alkanes of at least 4 members (excludes halogenated alkanes) is 9. The van der Waals surface area contributed by atoms with Gasteiger partial charge in [0, 0.05) is 82.5 Å². The summed E-state index contributed by atoms with van der Waals surface area (Å²) in [6, 6.07) is 46.6. The number of pyridine rings is 4. The van der Waals surface area contributed by atoms with E-state index in [2.05, 4.69) is 174 Å². The summed E-state index contributed by atoms with van der Waals surface area (Å²) in [6.45, 7) is 13.8. The Hall–Kier alpha value is -5.74. The number of hydrogen-bond acceptors (Lipinski definition) is 4. The lowest BCUT2D eigenvalue weighted by atomic mass is 9.79. The Labute approximate surface area is 512 Å². The lowest BCUT2D eigenvalue weighted by Crippen LogP contribution is -2.13. The van der Waals surface area contributed by atoms with Crippen LogP contribution in [0.1, 0.15) is 266 Å². The molecule has 450 valence electrons. The minimum atomic E-state index is 0.678. The van der Waals surface area contributed by atoms with E-state index in [1.807, 2.05) is 18.2 Å². The van der Waals surface area contributed by atoms with Gasteiger partial charge in [-0.1, -0.05) is 216 Å². The van der Waals surface area contributed by atoms with Gasteiger partial charge in [-0.3, -0.25) is 19.9 Å². The second kappa shape index (κ2) is 38.3. The molecule has 3 aromatic carbocycles. The first-order chi connectivity index (χ1) is 41.4. The average Bonchev–Trinajstić information content (AvgIpc) is 3.77. The first kappa shape index (κ1) is 65.8. The number of aryl methyl sites for hydroxylation is 3. The highest BCUT2D eigenvalue weighted by atomic mass is 14.7. The predicted molar refractivity (Wildman–Crippen MR) is 362 cm³/mol. The van der Waals surface area contributed by atoms with Gasteiger partial charge in [-0.25, -0.2) is 0 Å². The van der Waals surface area contributed by atoms with Crippen molar-refractivity contribution < 1.29 is 0 Å². The summed E-state index contributed by atoms with van der Waals surface area (Å²) >= 11 is 0. The highest BCUT2D eigenvalue weighted by Gasteiger charge is 2.24. The van der Waals surface area contributed by atoms with Crippen molar-refractivity contribution in [2.75, 3.05) is 0 Å². The first-order valence-corrected chi connectivity index (χ1v) is 34.4. The van der Waals surface area contributed by atoms with Crippen LogP contribution in [0.5, 0.6) is 0 Å². The molecule has 0 saturated heterocycles. The molecule has 0 N–H and O–H groups in total. The number of benzene rings is 3. The summed E-state index contributed by atoms with van der Waals surface area (Å²) in [6.07, 6.45) is 49.6. The summed E-state index contributed by atoms with van der Waals surface area (Å²) in [5.41, 5.74) is 15.9. The molecule has 3 aliphatic carbocycles. The quantitative estimate of drug-likeness (QED) is 0.0566. The molecular weight excluding hydrogens is 1020 g/mol. The smallest absolute Gasteiger partial charge is 0.0434 e. The van der Waals surface area contributed by atoms with Crippen LogP contribution in [0, 0.1) is 17.8 Å². The van der Waals surface area contributed by atoms with E-state index in [0.29, 0.717) is 17.8 Å². The molecule has 7 aromatic rings. The zero-order valence-electron chi connectivity index (χ0n) is 53.5. The van der Waals surface area contributed by atoms with E-state index in [4.69, 9.17) is 15.0 Å². The molecule has 4 heterocycles. The fourth-order valence-electron chi connectivity index (χ4n) is 13.2. The van der Waals surface area contributed by atoms with Crippen LogP contribution in [0.3, 0.4) is 0 Å². The second-order valence-electron chi connectivity index (χ2n) is 25.3. The molecule has 4 heteroatoms. The molecular formula is C80H110N4. The van der Waals surface area contributed by atoms with Gasteiger partial charge < -0.3 is 0 Å². The second-order valence-corrected chi connectivity index (χ2v) is 25.3. The van der Waals surface area contributed by atoms with Crippen molar-refractivity contribution in [2.45, 2.75) is 252 Å². The van der Waals surface area contributed by atoms with Crippen molar-refractivity contribution in [2.24, 2.45) is 17.8 Å². The molecule has 3 fully saturated rings. The van der Waals surface area contributed by atoms with Gasteiger partial charge in [0.25, 0.3) is 0 Å². The molecule has 84 heavy (non-hydrogen) atoms. The van der Waals surface area contributed by atoms with Crippen LogP contribution in [0.4, 0.5) is 0 Å². The third-order valence-corrected chi connectivity index (χ3v) is 19.3. The highest BCUT2D eigenvalue weighted by molar-refractivity contribution is 5.64. The van der Waals surface area contributed by atoms with Gasteiger partial charge in [-0.2, -0.15) is 0 Å². The molecule has 0 radical (unpaired) electrons. The normalized spacial score (nSPS) is 19.4. The lowest BCUT2D eigenvalue weighted by molar-refractivity contribution is 0.315. The summed E-state index contributed by atoms with van der Waals surface area (Å²) in [5, 5.41) is 0. The first-order valence-electron chi connectivity index (χ1n) is 34.4. The van der Waals surface area contributed by atoms with Gasteiger partial charge >= 0.3 is 0 Å². The average molecular weight is 1130 g/mol. The SMILES string of the molecule is CCCCCCCc1ccc(-c2ccc(C3CCC(CC)CC3)nc2)cc1.CCCCCCc1ccc(-c2ccc(C3CCC(CC)CC3)nc2)cc1.CCCCCc1ccc(-c2ccc(C3CCC(CC)CC3)nc2)cc1.c1ccncc1. The summed E-state index contributed by atoms with van der Waals surface area (Å²) in [7, 11) is 0. The Morgan fingerprint density at radius 1 is 0.286 bits per heavy atom. The van der Waals surface area contributed by atoms with Gasteiger partial charge in [-0.05, 0) is 197 Å². The van der Waals surface area contributed by atoms with E-state index >= 15 is 0 Å². The number of aromatic nitrogens is 4. The van der Waals surface area contributed by atoms with Crippen molar-refractivity contribution in [3.63, 3.8) is 0 Å². The van der Waals surface area contributed by atoms with Gasteiger partial charge in [0.1, 0.15) is 0 Å². The van der Waals surface area contributed by atoms with Crippen LogP contribution < -0.4 is 0 Å². The molecule has 3 aliphatic rings. The summed E-state index contributed by atoms with van der Waals surface area (Å²) < 4.78 is 0. The predicted octanol–water partition coefficient (Wildman–Crippen LogP) is 23.7. The van der Waals surface area contributed by atoms with Crippen LogP contribution in [-0.4, -0.2) is 19.9 Å². The summed E-state index contributed by atoms with van der Waals surface area (Å²) in [4.78, 5) is 18.2. The Morgan fingerprint density at radius 3 is 0.810 bits per heavy atom.